The van der Waals surface area contributed by atoms with Gasteiger partial charge >= 0.3 is 0 Å². The number of hydrogen-bond donors (Lipinski definition) is 2. The largest absolute Gasteiger partial charge is 0.486 e. The van der Waals surface area contributed by atoms with Crippen LogP contribution in [0.4, 0.5) is 5.69 Å². The Kier molecular flexibility index (Phi) is 8.45. The number of nitrogens with zero attached hydrogens (tertiary/aromatic N) is 4. The van der Waals surface area contributed by atoms with Crippen LogP contribution in [-0.4, -0.2) is 83.2 Å². The number of aryl methyl sites for hydroxylation is 2. The summed E-state index contributed by atoms with van der Waals surface area (Å²) in [6, 6.07) is 9.24. The van der Waals surface area contributed by atoms with Gasteiger partial charge in [0.15, 0.2) is 5.75 Å². The van der Waals surface area contributed by atoms with Crippen molar-refractivity contribution in [2.45, 2.75) is 37.1 Å². The first-order chi connectivity index (χ1) is 18.4. The number of hydrogen-bond acceptors (Lipinski definition) is 8. The Morgan fingerprint density at radius 3 is 2.69 bits per heavy atom. The number of ether oxygens (including phenoxy) is 1. The Hall–Kier alpha value is -3.26. The van der Waals surface area contributed by atoms with Gasteiger partial charge in [-0.05, 0) is 43.5 Å². The van der Waals surface area contributed by atoms with Gasteiger partial charge in [-0.25, -0.2) is 8.42 Å². The molecule has 0 aliphatic carbocycles. The van der Waals surface area contributed by atoms with Gasteiger partial charge in [-0.15, -0.1) is 11.3 Å². The zero-order valence-corrected chi connectivity index (χ0v) is 24.1. The molecule has 210 valence electrons. The van der Waals surface area contributed by atoms with Crippen LogP contribution in [0.2, 0.25) is 0 Å². The van der Waals surface area contributed by atoms with E-state index in [1.807, 2.05) is 6.92 Å². The number of aromatic nitrogens is 2. The lowest BCUT2D eigenvalue weighted by atomic mass is 9.99. The summed E-state index contributed by atoms with van der Waals surface area (Å²) in [5.74, 6) is -0.972. The minimum absolute atomic E-state index is 0.000414. The standard InChI is InChI=1S/C26H33N5O6S2/c1-16-13-31(18(3)15-32)26(34)19-8-6-9-20(27-25(33)21-12-17(2)28-30(21)5)24(19)37-22(16)14-29(4)39(35,36)23-10-7-11-38-23/h6-12,16,18,22,32H,13-15H2,1-5H3,(H,27,33)/t16-,18-,22-/m1/s1. The highest BCUT2D eigenvalue weighted by Crippen LogP contribution is 2.35. The molecule has 2 aromatic heterocycles. The van der Waals surface area contributed by atoms with E-state index in [-0.39, 0.29) is 52.7 Å². The Balaban J connectivity index is 1.74. The summed E-state index contributed by atoms with van der Waals surface area (Å²) in [4.78, 5) is 28.3. The number of carbonyl (C=O) groups is 2. The molecule has 3 heterocycles. The summed E-state index contributed by atoms with van der Waals surface area (Å²) < 4.78 is 35.7. The maximum atomic E-state index is 13.6. The van der Waals surface area contributed by atoms with Gasteiger partial charge in [0.25, 0.3) is 21.8 Å². The van der Waals surface area contributed by atoms with Crippen LogP contribution in [0.15, 0.2) is 46.0 Å². The van der Waals surface area contributed by atoms with Crippen LogP contribution >= 0.6 is 11.3 Å². The van der Waals surface area contributed by atoms with E-state index in [4.69, 9.17) is 4.74 Å². The van der Waals surface area contributed by atoms with Crippen molar-refractivity contribution in [2.75, 3.05) is 32.1 Å². The number of likely N-dealkylation sites (N-methyl/N-ethyl adjacent to an activating group) is 1. The molecule has 11 nitrogen and oxygen atoms in total. The molecule has 0 saturated carbocycles. The van der Waals surface area contributed by atoms with Gasteiger partial charge in [0.1, 0.15) is 16.0 Å². The molecule has 0 bridgehead atoms. The number of anilines is 1. The third kappa shape index (κ3) is 5.86. The summed E-state index contributed by atoms with van der Waals surface area (Å²) in [6.45, 7) is 5.38. The molecule has 0 radical (unpaired) electrons. The number of sulfonamides is 1. The Morgan fingerprint density at radius 2 is 2.08 bits per heavy atom. The fourth-order valence-corrected chi connectivity index (χ4v) is 6.87. The second-order valence-corrected chi connectivity index (χ2v) is 13.0. The summed E-state index contributed by atoms with van der Waals surface area (Å²) in [5, 5.41) is 18.6. The van der Waals surface area contributed by atoms with E-state index in [0.717, 1.165) is 11.3 Å². The zero-order chi connectivity index (χ0) is 28.5. The molecule has 13 heteroatoms. The highest BCUT2D eigenvalue weighted by Gasteiger charge is 2.36. The average molecular weight is 576 g/mol. The number of para-hydroxylation sites is 1. The Labute approximate surface area is 232 Å². The Morgan fingerprint density at radius 1 is 1.33 bits per heavy atom. The second kappa shape index (κ2) is 11.5. The molecule has 2 amide bonds. The number of thiophene rings is 1. The molecule has 1 aliphatic rings. The fraction of sp³-hybridized carbons (Fsp3) is 0.423. The number of benzene rings is 1. The number of aliphatic hydroxyl groups is 1. The number of rotatable bonds is 8. The molecular formula is C26H33N5O6S2. The molecule has 4 rings (SSSR count). The molecule has 0 saturated heterocycles. The van der Waals surface area contributed by atoms with E-state index in [2.05, 4.69) is 10.4 Å². The maximum absolute atomic E-state index is 13.6. The van der Waals surface area contributed by atoms with Crippen LogP contribution in [0.3, 0.4) is 0 Å². The fourth-order valence-electron chi connectivity index (χ4n) is 4.48. The third-order valence-corrected chi connectivity index (χ3v) is 9.97. The summed E-state index contributed by atoms with van der Waals surface area (Å²) in [6.07, 6.45) is -0.679. The van der Waals surface area contributed by atoms with Crippen molar-refractivity contribution in [1.29, 1.82) is 0 Å². The quantitative estimate of drug-likeness (QED) is 0.422. The minimum atomic E-state index is -3.76. The molecule has 1 aliphatic heterocycles. The van der Waals surface area contributed by atoms with Crippen molar-refractivity contribution in [3.05, 3.63) is 58.7 Å². The predicted molar refractivity (Wildman–Crippen MR) is 148 cm³/mol. The Bertz CT molecular complexity index is 1450. The predicted octanol–water partition coefficient (Wildman–Crippen LogP) is 2.58. The van der Waals surface area contributed by atoms with E-state index in [0.29, 0.717) is 11.4 Å². The van der Waals surface area contributed by atoms with Crippen LogP contribution in [0.25, 0.3) is 0 Å². The van der Waals surface area contributed by atoms with Gasteiger partial charge in [-0.1, -0.05) is 19.1 Å². The summed E-state index contributed by atoms with van der Waals surface area (Å²) in [7, 11) is -0.609. The van der Waals surface area contributed by atoms with Crippen LogP contribution in [0, 0.1) is 12.8 Å². The van der Waals surface area contributed by atoms with Crippen molar-refractivity contribution in [3.63, 3.8) is 0 Å². The lowest BCUT2D eigenvalue weighted by Crippen LogP contribution is -2.50. The first-order valence-corrected chi connectivity index (χ1v) is 14.8. The van der Waals surface area contributed by atoms with Crippen LogP contribution < -0.4 is 10.1 Å². The van der Waals surface area contributed by atoms with E-state index in [9.17, 15) is 23.1 Å². The van der Waals surface area contributed by atoms with Gasteiger partial charge in [0.2, 0.25) is 0 Å². The second-order valence-electron chi connectivity index (χ2n) is 9.77. The molecule has 0 unspecified atom stereocenters. The minimum Gasteiger partial charge on any atom is -0.486 e. The molecular weight excluding hydrogens is 542 g/mol. The molecule has 0 fully saturated rings. The van der Waals surface area contributed by atoms with E-state index >= 15 is 0 Å². The lowest BCUT2D eigenvalue weighted by Gasteiger charge is -2.38. The molecule has 39 heavy (non-hydrogen) atoms. The van der Waals surface area contributed by atoms with Gasteiger partial charge in [0.05, 0.1) is 36.1 Å². The van der Waals surface area contributed by atoms with Crippen LogP contribution in [-0.2, 0) is 17.1 Å². The topological polar surface area (TPSA) is 134 Å². The third-order valence-electron chi connectivity index (χ3n) is 6.77. The number of aliphatic hydroxyl groups excluding tert-OH is 1. The summed E-state index contributed by atoms with van der Waals surface area (Å²) >= 11 is 1.13. The number of carbonyl (C=O) groups excluding carboxylic acids is 2. The summed E-state index contributed by atoms with van der Waals surface area (Å²) in [5.41, 5.74) is 1.47. The number of nitrogens with one attached hydrogen (secondary N) is 1. The van der Waals surface area contributed by atoms with Crippen molar-refractivity contribution in [1.82, 2.24) is 19.0 Å². The van der Waals surface area contributed by atoms with Gasteiger partial charge in [-0.2, -0.15) is 9.40 Å². The highest BCUT2D eigenvalue weighted by molar-refractivity contribution is 7.91. The number of fused-ring (bicyclic) bond motifs is 1. The SMILES string of the molecule is Cc1cc(C(=O)Nc2cccc3c2O[C@H](CN(C)S(=O)(=O)c2cccs2)[C@H](C)CN([C@H](C)CO)C3=O)n(C)n1. The van der Waals surface area contributed by atoms with Crippen LogP contribution in [0.5, 0.6) is 5.75 Å². The first-order valence-electron chi connectivity index (χ1n) is 12.5. The van der Waals surface area contributed by atoms with Crippen LogP contribution in [0.1, 0.15) is 40.4 Å². The van der Waals surface area contributed by atoms with Crippen molar-refractivity contribution < 1.29 is 27.9 Å². The lowest BCUT2D eigenvalue weighted by molar-refractivity contribution is 0.0388. The van der Waals surface area contributed by atoms with Gasteiger partial charge < -0.3 is 20.1 Å². The van der Waals surface area contributed by atoms with Gasteiger partial charge in [0, 0.05) is 26.6 Å². The molecule has 2 N–H and O–H groups in total. The number of amides is 2. The smallest absolute Gasteiger partial charge is 0.274 e. The van der Waals surface area contributed by atoms with E-state index in [1.54, 1.807) is 67.6 Å². The maximum Gasteiger partial charge on any atom is 0.274 e. The average Bonchev–Trinajstić information content (AvgIpc) is 3.56. The monoisotopic (exact) mass is 575 g/mol. The highest BCUT2D eigenvalue weighted by atomic mass is 32.2. The first kappa shape index (κ1) is 28.7. The zero-order valence-electron chi connectivity index (χ0n) is 22.5. The van der Waals surface area contributed by atoms with Gasteiger partial charge in [-0.3, -0.25) is 14.3 Å². The molecule has 3 aromatic rings. The molecule has 0 spiro atoms. The van der Waals surface area contributed by atoms with Crippen molar-refractivity contribution in [2.24, 2.45) is 13.0 Å². The molecule has 1 aromatic carbocycles. The van der Waals surface area contributed by atoms with E-state index in [1.165, 1.54) is 16.0 Å². The normalized spacial score (nSPS) is 18.7. The van der Waals surface area contributed by atoms with Crippen molar-refractivity contribution in [3.8, 4) is 5.75 Å². The molecule has 3 atom stereocenters. The van der Waals surface area contributed by atoms with E-state index < -0.39 is 28.1 Å². The van der Waals surface area contributed by atoms with Crippen molar-refractivity contribution >= 4 is 38.9 Å².